The third-order valence-corrected chi connectivity index (χ3v) is 3.28. The van der Waals surface area contributed by atoms with Gasteiger partial charge in [-0.15, -0.1) is 0 Å². The second-order valence-corrected chi connectivity index (χ2v) is 3.95. The van der Waals surface area contributed by atoms with E-state index in [4.69, 9.17) is 0 Å². The Labute approximate surface area is 68.0 Å². The Balaban J connectivity index is 2.06. The third-order valence-electron chi connectivity index (χ3n) is 3.28. The third kappa shape index (κ3) is 1.18. The van der Waals surface area contributed by atoms with Gasteiger partial charge in [0.1, 0.15) is 0 Å². The molecule has 2 fully saturated rings. The molecule has 2 N–H and O–H groups in total. The van der Waals surface area contributed by atoms with Gasteiger partial charge >= 0.3 is 0 Å². The van der Waals surface area contributed by atoms with Crippen LogP contribution in [-0.4, -0.2) is 23.3 Å². The fourth-order valence-corrected chi connectivity index (χ4v) is 2.54. The van der Waals surface area contributed by atoms with Crippen LogP contribution in [-0.2, 0) is 0 Å². The molecule has 0 aromatic carbocycles. The zero-order valence-electron chi connectivity index (χ0n) is 6.97. The lowest BCUT2D eigenvalue weighted by molar-refractivity contribution is 0.0707. The van der Waals surface area contributed by atoms with E-state index in [1.807, 2.05) is 0 Å². The molecule has 1 aliphatic carbocycles. The molecule has 1 spiro atoms. The highest BCUT2D eigenvalue weighted by Gasteiger charge is 2.41. The lowest BCUT2D eigenvalue weighted by Crippen LogP contribution is -2.49. The van der Waals surface area contributed by atoms with E-state index < -0.39 is 0 Å². The van der Waals surface area contributed by atoms with Crippen LogP contribution in [0.5, 0.6) is 0 Å². The monoisotopic (exact) mass is 155 g/mol. The van der Waals surface area contributed by atoms with Crippen LogP contribution in [0.3, 0.4) is 0 Å². The van der Waals surface area contributed by atoms with Crippen molar-refractivity contribution in [2.75, 3.05) is 6.54 Å². The van der Waals surface area contributed by atoms with Crippen LogP contribution in [0.1, 0.15) is 38.5 Å². The minimum atomic E-state index is -0.0669. The number of aliphatic hydroxyl groups excluding tert-OH is 1. The van der Waals surface area contributed by atoms with E-state index in [2.05, 4.69) is 5.32 Å². The molecule has 0 aromatic heterocycles. The molecule has 2 aliphatic rings. The summed E-state index contributed by atoms with van der Waals surface area (Å²) in [5.74, 6) is 0. The summed E-state index contributed by atoms with van der Waals surface area (Å²) >= 11 is 0. The molecule has 2 heteroatoms. The normalized spacial score (nSPS) is 36.3. The lowest BCUT2D eigenvalue weighted by Gasteiger charge is -2.36. The minimum Gasteiger partial charge on any atom is -0.391 e. The zero-order chi connectivity index (χ0) is 7.73. The van der Waals surface area contributed by atoms with E-state index in [1.165, 1.54) is 32.1 Å². The van der Waals surface area contributed by atoms with Crippen molar-refractivity contribution in [1.29, 1.82) is 0 Å². The maximum atomic E-state index is 9.74. The summed E-state index contributed by atoms with van der Waals surface area (Å²) in [5, 5.41) is 13.2. The number of hydrogen-bond acceptors (Lipinski definition) is 2. The molecule has 0 unspecified atom stereocenters. The molecule has 1 aliphatic heterocycles. The highest BCUT2D eigenvalue weighted by atomic mass is 16.3. The fraction of sp³-hybridized carbons (Fsp3) is 1.00. The second-order valence-electron chi connectivity index (χ2n) is 3.95. The predicted molar refractivity (Wildman–Crippen MR) is 44.4 cm³/mol. The molecule has 1 heterocycles. The van der Waals surface area contributed by atoms with Crippen molar-refractivity contribution in [1.82, 2.24) is 5.32 Å². The number of aliphatic hydroxyl groups is 1. The summed E-state index contributed by atoms with van der Waals surface area (Å²) in [5.41, 5.74) is 0.137. The van der Waals surface area contributed by atoms with Crippen LogP contribution in [0.4, 0.5) is 0 Å². The van der Waals surface area contributed by atoms with Gasteiger partial charge in [0.15, 0.2) is 0 Å². The average Bonchev–Trinajstić information content (AvgIpc) is 2.36. The highest BCUT2D eigenvalue weighted by molar-refractivity contribution is 5.01. The van der Waals surface area contributed by atoms with Crippen LogP contribution < -0.4 is 5.32 Å². The van der Waals surface area contributed by atoms with Crippen LogP contribution >= 0.6 is 0 Å². The molecule has 1 saturated carbocycles. The Kier molecular flexibility index (Phi) is 1.90. The SMILES string of the molecule is O[C@H]1CCNC12CCCCC2. The Morgan fingerprint density at radius 3 is 2.45 bits per heavy atom. The number of rotatable bonds is 0. The predicted octanol–water partition coefficient (Wildman–Crippen LogP) is 1.04. The van der Waals surface area contributed by atoms with Gasteiger partial charge in [-0.2, -0.15) is 0 Å². The summed E-state index contributed by atoms with van der Waals surface area (Å²) in [6.07, 6.45) is 7.22. The smallest absolute Gasteiger partial charge is 0.0733 e. The number of nitrogens with one attached hydrogen (secondary N) is 1. The van der Waals surface area contributed by atoms with Gasteiger partial charge in [0.2, 0.25) is 0 Å². The number of hydrogen-bond donors (Lipinski definition) is 2. The summed E-state index contributed by atoms with van der Waals surface area (Å²) < 4.78 is 0. The second kappa shape index (κ2) is 2.76. The molecular weight excluding hydrogens is 138 g/mol. The molecular formula is C9H17NO. The van der Waals surface area contributed by atoms with E-state index in [-0.39, 0.29) is 11.6 Å². The van der Waals surface area contributed by atoms with E-state index in [1.54, 1.807) is 0 Å². The Hall–Kier alpha value is -0.0800. The molecule has 2 rings (SSSR count). The maximum absolute atomic E-state index is 9.74. The molecule has 64 valence electrons. The molecule has 0 aromatic rings. The van der Waals surface area contributed by atoms with Gasteiger partial charge in [0, 0.05) is 5.54 Å². The van der Waals surface area contributed by atoms with Crippen LogP contribution in [0.2, 0.25) is 0 Å². The zero-order valence-corrected chi connectivity index (χ0v) is 6.97. The first-order chi connectivity index (χ1) is 5.33. The van der Waals surface area contributed by atoms with E-state index in [0.717, 1.165) is 13.0 Å². The Bertz CT molecular complexity index is 140. The topological polar surface area (TPSA) is 32.3 Å². The minimum absolute atomic E-state index is 0.0669. The molecule has 0 amide bonds. The van der Waals surface area contributed by atoms with Crippen LogP contribution in [0.15, 0.2) is 0 Å². The van der Waals surface area contributed by atoms with Gasteiger partial charge < -0.3 is 10.4 Å². The highest BCUT2D eigenvalue weighted by Crippen LogP contribution is 2.34. The molecule has 0 radical (unpaired) electrons. The van der Waals surface area contributed by atoms with Crippen molar-refractivity contribution in [3.05, 3.63) is 0 Å². The van der Waals surface area contributed by atoms with Crippen molar-refractivity contribution in [3.63, 3.8) is 0 Å². The van der Waals surface area contributed by atoms with Gasteiger partial charge in [0.25, 0.3) is 0 Å². The van der Waals surface area contributed by atoms with Gasteiger partial charge in [-0.25, -0.2) is 0 Å². The first-order valence-electron chi connectivity index (χ1n) is 4.77. The van der Waals surface area contributed by atoms with Crippen LogP contribution in [0.25, 0.3) is 0 Å². The first-order valence-corrected chi connectivity index (χ1v) is 4.77. The van der Waals surface area contributed by atoms with Gasteiger partial charge in [-0.3, -0.25) is 0 Å². The molecule has 1 saturated heterocycles. The Morgan fingerprint density at radius 1 is 1.18 bits per heavy atom. The van der Waals surface area contributed by atoms with E-state index in [0.29, 0.717) is 0 Å². The Morgan fingerprint density at radius 2 is 1.91 bits per heavy atom. The summed E-state index contributed by atoms with van der Waals surface area (Å²) in [7, 11) is 0. The van der Waals surface area contributed by atoms with Gasteiger partial charge in [-0.05, 0) is 25.8 Å². The van der Waals surface area contributed by atoms with Crippen molar-refractivity contribution in [2.24, 2.45) is 0 Å². The van der Waals surface area contributed by atoms with Crippen molar-refractivity contribution in [2.45, 2.75) is 50.2 Å². The molecule has 11 heavy (non-hydrogen) atoms. The first kappa shape index (κ1) is 7.56. The van der Waals surface area contributed by atoms with Crippen molar-refractivity contribution in [3.8, 4) is 0 Å². The molecule has 1 atom stereocenters. The van der Waals surface area contributed by atoms with Crippen molar-refractivity contribution >= 4 is 0 Å². The quantitative estimate of drug-likeness (QED) is 0.548. The fourth-order valence-electron chi connectivity index (χ4n) is 2.54. The van der Waals surface area contributed by atoms with Crippen LogP contribution in [0, 0.1) is 0 Å². The van der Waals surface area contributed by atoms with E-state index >= 15 is 0 Å². The summed E-state index contributed by atoms with van der Waals surface area (Å²) in [4.78, 5) is 0. The van der Waals surface area contributed by atoms with Gasteiger partial charge in [0.05, 0.1) is 6.10 Å². The maximum Gasteiger partial charge on any atom is 0.0733 e. The standard InChI is InChI=1S/C9H17NO/c11-8-4-7-10-9(8)5-2-1-3-6-9/h8,10-11H,1-7H2/t8-/m0/s1. The summed E-state index contributed by atoms with van der Waals surface area (Å²) in [6.45, 7) is 1.02. The van der Waals surface area contributed by atoms with Gasteiger partial charge in [-0.1, -0.05) is 19.3 Å². The molecule has 2 nitrogen and oxygen atoms in total. The van der Waals surface area contributed by atoms with E-state index in [9.17, 15) is 5.11 Å². The van der Waals surface area contributed by atoms with Crippen molar-refractivity contribution < 1.29 is 5.11 Å². The average molecular weight is 155 g/mol. The largest absolute Gasteiger partial charge is 0.391 e. The molecule has 0 bridgehead atoms. The summed E-state index contributed by atoms with van der Waals surface area (Å²) in [6, 6.07) is 0. The lowest BCUT2D eigenvalue weighted by atomic mass is 9.79.